The second-order valence-corrected chi connectivity index (χ2v) is 6.16. The van der Waals surface area contributed by atoms with Gasteiger partial charge in [-0.1, -0.05) is 34.1 Å². The molecule has 14 heavy (non-hydrogen) atoms. The topological polar surface area (TPSA) is 9.23 Å². The molecule has 0 saturated carbocycles. The molecule has 0 aliphatic carbocycles. The molecular weight excluding hydrogens is 172 g/mol. The molecule has 0 amide bonds. The maximum absolute atomic E-state index is 6.10. The third kappa shape index (κ3) is 4.00. The summed E-state index contributed by atoms with van der Waals surface area (Å²) in [5, 5.41) is 0. The molecule has 0 unspecified atom stereocenters. The molecule has 0 radical (unpaired) electrons. The Morgan fingerprint density at radius 1 is 1.14 bits per heavy atom. The van der Waals surface area contributed by atoms with Crippen molar-refractivity contribution >= 4 is 0 Å². The molecule has 1 saturated heterocycles. The van der Waals surface area contributed by atoms with Crippen LogP contribution in [0.1, 0.15) is 60.3 Å². The fourth-order valence-electron chi connectivity index (χ4n) is 2.27. The van der Waals surface area contributed by atoms with Crippen LogP contribution in [0.4, 0.5) is 0 Å². The van der Waals surface area contributed by atoms with Crippen LogP contribution in [0, 0.1) is 11.3 Å². The minimum atomic E-state index is 0.392. The van der Waals surface area contributed by atoms with Gasteiger partial charge >= 0.3 is 0 Å². The van der Waals surface area contributed by atoms with Crippen molar-refractivity contribution in [1.82, 2.24) is 0 Å². The van der Waals surface area contributed by atoms with E-state index in [9.17, 15) is 0 Å². The highest BCUT2D eigenvalue weighted by Gasteiger charge is 2.27. The van der Waals surface area contributed by atoms with Gasteiger partial charge in [-0.05, 0) is 37.5 Å². The Balaban J connectivity index is 2.54. The van der Waals surface area contributed by atoms with Crippen molar-refractivity contribution in [2.75, 3.05) is 0 Å². The summed E-state index contributed by atoms with van der Waals surface area (Å²) >= 11 is 0. The first kappa shape index (κ1) is 12.0. The lowest BCUT2D eigenvalue weighted by Crippen LogP contribution is -2.28. The molecule has 1 rings (SSSR count). The van der Waals surface area contributed by atoms with Gasteiger partial charge in [0.25, 0.3) is 0 Å². The van der Waals surface area contributed by atoms with Gasteiger partial charge in [0.2, 0.25) is 0 Å². The summed E-state index contributed by atoms with van der Waals surface area (Å²) in [6, 6.07) is 0. The molecular formula is C13H26O. The van der Waals surface area contributed by atoms with E-state index in [0.717, 1.165) is 5.92 Å². The fourth-order valence-corrected chi connectivity index (χ4v) is 2.27. The minimum Gasteiger partial charge on any atom is -0.375 e. The van der Waals surface area contributed by atoms with Gasteiger partial charge < -0.3 is 4.74 Å². The van der Waals surface area contributed by atoms with Crippen LogP contribution in [0.3, 0.4) is 0 Å². The van der Waals surface area contributed by atoms with Crippen LogP contribution in [-0.2, 0) is 4.74 Å². The van der Waals surface area contributed by atoms with Crippen LogP contribution in [0.15, 0.2) is 0 Å². The molecule has 1 aliphatic heterocycles. The zero-order valence-corrected chi connectivity index (χ0v) is 10.5. The number of hydrogen-bond acceptors (Lipinski definition) is 1. The normalized spacial score (nSPS) is 35.4. The maximum Gasteiger partial charge on any atom is 0.0609 e. The third-order valence-corrected chi connectivity index (χ3v) is 3.13. The second kappa shape index (κ2) is 4.65. The molecule has 0 aromatic carbocycles. The van der Waals surface area contributed by atoms with Crippen molar-refractivity contribution in [3.63, 3.8) is 0 Å². The Kier molecular flexibility index (Phi) is 4.00. The summed E-state index contributed by atoms with van der Waals surface area (Å²) < 4.78 is 6.10. The van der Waals surface area contributed by atoms with Gasteiger partial charge in [-0.3, -0.25) is 0 Å². The summed E-state index contributed by atoms with van der Waals surface area (Å²) in [6.45, 7) is 11.5. The van der Waals surface area contributed by atoms with Crippen molar-refractivity contribution in [2.24, 2.45) is 11.3 Å². The molecule has 0 spiro atoms. The highest BCUT2D eigenvalue weighted by Crippen LogP contribution is 2.32. The molecule has 1 nitrogen and oxygen atoms in total. The van der Waals surface area contributed by atoms with Gasteiger partial charge in [0.15, 0.2) is 0 Å². The zero-order chi connectivity index (χ0) is 10.8. The van der Waals surface area contributed by atoms with Crippen molar-refractivity contribution in [3.8, 4) is 0 Å². The first-order chi connectivity index (χ1) is 6.38. The molecule has 1 heterocycles. The monoisotopic (exact) mass is 198 g/mol. The van der Waals surface area contributed by atoms with Gasteiger partial charge in [-0.25, -0.2) is 0 Å². The van der Waals surface area contributed by atoms with Crippen molar-refractivity contribution < 1.29 is 4.74 Å². The van der Waals surface area contributed by atoms with Crippen LogP contribution < -0.4 is 0 Å². The molecule has 1 aliphatic rings. The third-order valence-electron chi connectivity index (χ3n) is 3.13. The van der Waals surface area contributed by atoms with Crippen LogP contribution in [0.2, 0.25) is 0 Å². The van der Waals surface area contributed by atoms with E-state index in [-0.39, 0.29) is 0 Å². The van der Waals surface area contributed by atoms with Crippen molar-refractivity contribution in [3.05, 3.63) is 0 Å². The van der Waals surface area contributed by atoms with Crippen LogP contribution in [-0.4, -0.2) is 12.2 Å². The quantitative estimate of drug-likeness (QED) is 0.618. The average Bonchev–Trinajstić information content (AvgIpc) is 2.11. The highest BCUT2D eigenvalue weighted by molar-refractivity contribution is 4.77. The lowest BCUT2D eigenvalue weighted by Gasteiger charge is -2.30. The SMILES string of the molecule is C[C@H]1CCC[C@H](C)[C@@H](CC(C)(C)C)O1. The first-order valence-corrected chi connectivity index (χ1v) is 6.04. The molecule has 84 valence electrons. The molecule has 0 N–H and O–H groups in total. The molecule has 1 heteroatoms. The van der Waals surface area contributed by atoms with Crippen molar-refractivity contribution in [1.29, 1.82) is 0 Å². The first-order valence-electron chi connectivity index (χ1n) is 6.04. The molecule has 0 aromatic rings. The summed E-state index contributed by atoms with van der Waals surface area (Å²) in [6.07, 6.45) is 6.05. The van der Waals surface area contributed by atoms with Crippen LogP contribution in [0.25, 0.3) is 0 Å². The van der Waals surface area contributed by atoms with Gasteiger partial charge in [0, 0.05) is 0 Å². The molecule has 1 fully saturated rings. The van der Waals surface area contributed by atoms with E-state index in [4.69, 9.17) is 4.74 Å². The van der Waals surface area contributed by atoms with E-state index in [1.54, 1.807) is 0 Å². The van der Waals surface area contributed by atoms with Gasteiger partial charge in [0.1, 0.15) is 0 Å². The summed E-state index contributed by atoms with van der Waals surface area (Å²) in [5.41, 5.74) is 0.392. The average molecular weight is 198 g/mol. The standard InChI is InChI=1S/C13H26O/c1-10-7-6-8-11(2)14-12(10)9-13(3,4)5/h10-12H,6-9H2,1-5H3/t10-,11-,12+/m0/s1. The van der Waals surface area contributed by atoms with E-state index < -0.39 is 0 Å². The van der Waals surface area contributed by atoms with E-state index in [2.05, 4.69) is 34.6 Å². The van der Waals surface area contributed by atoms with E-state index in [1.165, 1.54) is 25.7 Å². The minimum absolute atomic E-state index is 0.392. The number of rotatable bonds is 1. The van der Waals surface area contributed by atoms with E-state index in [1.807, 2.05) is 0 Å². The smallest absolute Gasteiger partial charge is 0.0609 e. The molecule has 0 aromatic heterocycles. The summed E-state index contributed by atoms with van der Waals surface area (Å²) in [7, 11) is 0. The van der Waals surface area contributed by atoms with Crippen LogP contribution in [0.5, 0.6) is 0 Å². The van der Waals surface area contributed by atoms with E-state index in [0.29, 0.717) is 17.6 Å². The second-order valence-electron chi connectivity index (χ2n) is 6.16. The zero-order valence-electron chi connectivity index (χ0n) is 10.5. The molecule has 3 atom stereocenters. The van der Waals surface area contributed by atoms with Gasteiger partial charge in [-0.2, -0.15) is 0 Å². The van der Waals surface area contributed by atoms with Gasteiger partial charge in [-0.15, -0.1) is 0 Å². The maximum atomic E-state index is 6.10. The highest BCUT2D eigenvalue weighted by atomic mass is 16.5. The van der Waals surface area contributed by atoms with Crippen molar-refractivity contribution in [2.45, 2.75) is 72.5 Å². The number of ether oxygens (including phenoxy) is 1. The lowest BCUT2D eigenvalue weighted by atomic mass is 9.84. The lowest BCUT2D eigenvalue weighted by molar-refractivity contribution is -0.0391. The van der Waals surface area contributed by atoms with E-state index >= 15 is 0 Å². The Bertz CT molecular complexity index is 169. The Hall–Kier alpha value is -0.0400. The predicted octanol–water partition coefficient (Wildman–Crippen LogP) is 4.02. The van der Waals surface area contributed by atoms with Gasteiger partial charge in [0.05, 0.1) is 12.2 Å². The Morgan fingerprint density at radius 3 is 2.36 bits per heavy atom. The fraction of sp³-hybridized carbons (Fsp3) is 1.00. The Labute approximate surface area is 89.2 Å². The predicted molar refractivity (Wildman–Crippen MR) is 61.4 cm³/mol. The Morgan fingerprint density at radius 2 is 1.79 bits per heavy atom. The summed E-state index contributed by atoms with van der Waals surface area (Å²) in [5.74, 6) is 0.735. The van der Waals surface area contributed by atoms with Crippen LogP contribution >= 0.6 is 0 Å². The largest absolute Gasteiger partial charge is 0.375 e. The molecule has 0 bridgehead atoms. The summed E-state index contributed by atoms with van der Waals surface area (Å²) in [4.78, 5) is 0. The number of hydrogen-bond donors (Lipinski definition) is 0.